The number of nitrogens with zero attached hydrogens (tertiary/aromatic N) is 2. The molecule has 0 bridgehead atoms. The highest BCUT2D eigenvalue weighted by atomic mass is 79.9. The van der Waals surface area contributed by atoms with Crippen LogP contribution in [0.3, 0.4) is 0 Å². The Kier molecular flexibility index (Phi) is 5.08. The van der Waals surface area contributed by atoms with Crippen LogP contribution in [0.2, 0.25) is 5.02 Å². The lowest BCUT2D eigenvalue weighted by molar-refractivity contribution is -0.0190. The van der Waals surface area contributed by atoms with Gasteiger partial charge in [0.05, 0.1) is 11.8 Å². The van der Waals surface area contributed by atoms with Crippen molar-refractivity contribution in [2.45, 2.75) is 38.5 Å². The molecule has 0 aromatic heterocycles. The Morgan fingerprint density at radius 3 is 2.47 bits per heavy atom. The highest BCUT2D eigenvalue weighted by Crippen LogP contribution is 2.48. The van der Waals surface area contributed by atoms with E-state index < -0.39 is 0 Å². The minimum atomic E-state index is -0.255. The van der Waals surface area contributed by atoms with Crippen LogP contribution in [-0.4, -0.2) is 10.7 Å². The third-order valence-corrected chi connectivity index (χ3v) is 6.56. The van der Waals surface area contributed by atoms with Gasteiger partial charge in [-0.2, -0.15) is 5.10 Å². The van der Waals surface area contributed by atoms with E-state index in [1.165, 1.54) is 5.56 Å². The maximum absolute atomic E-state index is 6.47. The molecular formula is C25H22BrClN2O. The summed E-state index contributed by atoms with van der Waals surface area (Å²) in [5.74, 6) is 1.42. The van der Waals surface area contributed by atoms with Gasteiger partial charge in [0.1, 0.15) is 5.75 Å². The predicted octanol–water partition coefficient (Wildman–Crippen LogP) is 7.47. The number of rotatable bonds is 3. The fraction of sp³-hybridized carbons (Fsp3) is 0.240. The maximum Gasteiger partial charge on any atom is 0.213 e. The van der Waals surface area contributed by atoms with E-state index in [9.17, 15) is 0 Å². The summed E-state index contributed by atoms with van der Waals surface area (Å²) in [6, 6.07) is 23.0. The van der Waals surface area contributed by atoms with Crippen molar-refractivity contribution in [1.29, 1.82) is 0 Å². The van der Waals surface area contributed by atoms with Gasteiger partial charge in [0, 0.05) is 27.0 Å². The summed E-state index contributed by atoms with van der Waals surface area (Å²) in [6.45, 7) is 4.42. The van der Waals surface area contributed by atoms with E-state index in [0.29, 0.717) is 5.92 Å². The summed E-state index contributed by atoms with van der Waals surface area (Å²) in [6.07, 6.45) is 0.573. The Morgan fingerprint density at radius 2 is 1.77 bits per heavy atom. The van der Waals surface area contributed by atoms with Gasteiger partial charge in [-0.15, -0.1) is 0 Å². The van der Waals surface area contributed by atoms with Gasteiger partial charge in [-0.1, -0.05) is 77.8 Å². The van der Waals surface area contributed by atoms with Gasteiger partial charge < -0.3 is 4.74 Å². The molecule has 5 heteroatoms. The quantitative estimate of drug-likeness (QED) is 0.387. The monoisotopic (exact) mass is 480 g/mol. The van der Waals surface area contributed by atoms with Gasteiger partial charge in [-0.25, -0.2) is 5.01 Å². The lowest BCUT2D eigenvalue weighted by Crippen LogP contribution is -2.33. The van der Waals surface area contributed by atoms with Crippen molar-refractivity contribution in [3.05, 3.63) is 98.5 Å². The number of fused-ring (bicyclic) bond motifs is 3. The van der Waals surface area contributed by atoms with Crippen LogP contribution < -0.4 is 4.74 Å². The molecule has 5 rings (SSSR count). The van der Waals surface area contributed by atoms with Gasteiger partial charge in [-0.05, 0) is 47.4 Å². The zero-order valence-electron chi connectivity index (χ0n) is 16.8. The summed E-state index contributed by atoms with van der Waals surface area (Å²) < 4.78 is 7.51. The van der Waals surface area contributed by atoms with E-state index in [-0.39, 0.29) is 12.3 Å². The van der Waals surface area contributed by atoms with Gasteiger partial charge in [0.15, 0.2) is 0 Å². The first kappa shape index (κ1) is 19.7. The van der Waals surface area contributed by atoms with Crippen molar-refractivity contribution in [1.82, 2.24) is 5.01 Å². The molecule has 0 aliphatic carbocycles. The molecule has 152 valence electrons. The van der Waals surface area contributed by atoms with E-state index in [2.05, 4.69) is 65.1 Å². The number of halogens is 2. The van der Waals surface area contributed by atoms with Crippen molar-refractivity contribution in [2.75, 3.05) is 0 Å². The molecular weight excluding hydrogens is 460 g/mol. The first-order valence-corrected chi connectivity index (χ1v) is 11.3. The second-order valence-electron chi connectivity index (χ2n) is 8.13. The molecule has 3 aromatic carbocycles. The Balaban J connectivity index is 1.57. The summed E-state index contributed by atoms with van der Waals surface area (Å²) in [5.41, 5.74) is 5.74. The second kappa shape index (κ2) is 7.75. The van der Waals surface area contributed by atoms with E-state index in [0.717, 1.165) is 44.1 Å². The number of ether oxygens (including phenoxy) is 1. The van der Waals surface area contributed by atoms with Crippen LogP contribution in [0.1, 0.15) is 60.7 Å². The standard InChI is InChI=1S/C25H22BrClN2O/c1-15(2)16-3-5-18(6-4-16)25-29-23(21-13-19(26)9-12-24(21)30-25)14-22(28-29)17-7-10-20(27)11-8-17/h3-13,15,23,25H,14H2,1-2H3/t23-,25+/m1/s1. The number of benzene rings is 3. The Labute approximate surface area is 190 Å². The Bertz CT molecular complexity index is 1110. The van der Waals surface area contributed by atoms with Crippen LogP contribution >= 0.6 is 27.5 Å². The van der Waals surface area contributed by atoms with Crippen molar-refractivity contribution in [2.24, 2.45) is 5.10 Å². The zero-order valence-corrected chi connectivity index (χ0v) is 19.2. The molecule has 0 saturated carbocycles. The van der Waals surface area contributed by atoms with E-state index in [4.69, 9.17) is 21.4 Å². The van der Waals surface area contributed by atoms with Crippen LogP contribution in [0.15, 0.2) is 76.3 Å². The van der Waals surface area contributed by atoms with E-state index in [1.54, 1.807) is 0 Å². The minimum absolute atomic E-state index is 0.131. The number of hydrazone groups is 1. The summed E-state index contributed by atoms with van der Waals surface area (Å²) in [5, 5.41) is 7.87. The van der Waals surface area contributed by atoms with Crippen LogP contribution in [0.4, 0.5) is 0 Å². The van der Waals surface area contributed by atoms with Crippen molar-refractivity contribution >= 4 is 33.2 Å². The van der Waals surface area contributed by atoms with Gasteiger partial charge >= 0.3 is 0 Å². The maximum atomic E-state index is 6.47. The third kappa shape index (κ3) is 3.52. The van der Waals surface area contributed by atoms with Crippen LogP contribution in [-0.2, 0) is 0 Å². The SMILES string of the molecule is CC(C)c1ccc([C@@H]2Oc3ccc(Br)cc3[C@H]3CC(c4ccc(Cl)cc4)=NN32)cc1. The van der Waals surface area contributed by atoms with Crippen LogP contribution in [0, 0.1) is 0 Å². The van der Waals surface area contributed by atoms with E-state index in [1.807, 2.05) is 36.4 Å². The van der Waals surface area contributed by atoms with Crippen LogP contribution in [0.5, 0.6) is 5.75 Å². The Hall–Kier alpha value is -2.30. The molecule has 0 spiro atoms. The molecule has 2 aliphatic rings. The first-order valence-electron chi connectivity index (χ1n) is 10.2. The fourth-order valence-electron chi connectivity index (χ4n) is 4.14. The third-order valence-electron chi connectivity index (χ3n) is 5.82. The molecule has 0 fully saturated rings. The van der Waals surface area contributed by atoms with Gasteiger partial charge in [-0.3, -0.25) is 0 Å². The molecule has 2 atom stereocenters. The fourth-order valence-corrected chi connectivity index (χ4v) is 4.65. The average molecular weight is 482 g/mol. The highest BCUT2D eigenvalue weighted by molar-refractivity contribution is 9.10. The molecule has 3 aromatic rings. The molecule has 0 radical (unpaired) electrons. The molecule has 30 heavy (non-hydrogen) atoms. The summed E-state index contributed by atoms with van der Waals surface area (Å²) >= 11 is 9.70. The number of hydrogen-bond acceptors (Lipinski definition) is 3. The first-order chi connectivity index (χ1) is 14.5. The molecule has 0 unspecified atom stereocenters. The molecule has 3 nitrogen and oxygen atoms in total. The van der Waals surface area contributed by atoms with Crippen LogP contribution in [0.25, 0.3) is 0 Å². The molecule has 2 heterocycles. The largest absolute Gasteiger partial charge is 0.464 e. The normalized spacial score (nSPS) is 19.9. The molecule has 0 saturated heterocycles. The smallest absolute Gasteiger partial charge is 0.213 e. The average Bonchev–Trinajstić information content (AvgIpc) is 3.19. The highest BCUT2D eigenvalue weighted by Gasteiger charge is 2.41. The zero-order chi connectivity index (χ0) is 20.8. The summed E-state index contributed by atoms with van der Waals surface area (Å²) in [4.78, 5) is 0. The molecule has 2 aliphatic heterocycles. The van der Waals surface area contributed by atoms with Gasteiger partial charge in [0.2, 0.25) is 6.23 Å². The Morgan fingerprint density at radius 1 is 1.03 bits per heavy atom. The van der Waals surface area contributed by atoms with Crippen molar-refractivity contribution in [3.8, 4) is 5.75 Å². The topological polar surface area (TPSA) is 24.8 Å². The van der Waals surface area contributed by atoms with E-state index >= 15 is 0 Å². The van der Waals surface area contributed by atoms with Crippen molar-refractivity contribution < 1.29 is 4.74 Å². The van der Waals surface area contributed by atoms with Gasteiger partial charge in [0.25, 0.3) is 0 Å². The predicted molar refractivity (Wildman–Crippen MR) is 125 cm³/mol. The lowest BCUT2D eigenvalue weighted by Gasteiger charge is -2.38. The van der Waals surface area contributed by atoms with Crippen molar-refractivity contribution in [3.63, 3.8) is 0 Å². The molecule has 0 N–H and O–H groups in total. The summed E-state index contributed by atoms with van der Waals surface area (Å²) in [7, 11) is 0. The molecule has 0 amide bonds. The minimum Gasteiger partial charge on any atom is -0.464 e. The number of hydrogen-bond donors (Lipinski definition) is 0. The lowest BCUT2D eigenvalue weighted by atomic mass is 9.95. The second-order valence-corrected chi connectivity index (χ2v) is 9.48.